The molecule has 0 aliphatic heterocycles. The Bertz CT molecular complexity index is 403. The molecule has 1 rings (SSSR count). The van der Waals surface area contributed by atoms with Gasteiger partial charge >= 0.3 is 0 Å². The summed E-state index contributed by atoms with van der Waals surface area (Å²) in [6.45, 7) is 6.77. The zero-order chi connectivity index (χ0) is 15.0. The molecule has 1 aromatic rings. The van der Waals surface area contributed by atoms with E-state index in [-0.39, 0.29) is 18.0 Å². The van der Waals surface area contributed by atoms with Crippen molar-refractivity contribution in [2.45, 2.75) is 45.7 Å². The molecule has 2 atom stereocenters. The minimum absolute atomic E-state index is 0.0634. The molecule has 0 saturated heterocycles. The van der Waals surface area contributed by atoms with E-state index in [0.717, 1.165) is 25.1 Å². The summed E-state index contributed by atoms with van der Waals surface area (Å²) in [6, 6.07) is 8.09. The summed E-state index contributed by atoms with van der Waals surface area (Å²) in [7, 11) is 1.66. The molecule has 0 aromatic heterocycles. The molecule has 0 spiro atoms. The van der Waals surface area contributed by atoms with E-state index >= 15 is 0 Å². The van der Waals surface area contributed by atoms with Crippen LogP contribution in [0.5, 0.6) is 5.75 Å². The molecule has 20 heavy (non-hydrogen) atoms. The molecule has 4 heteroatoms. The molecule has 0 aliphatic rings. The summed E-state index contributed by atoms with van der Waals surface area (Å²) in [5, 5.41) is 6.22. The number of rotatable bonds is 8. The van der Waals surface area contributed by atoms with E-state index in [1.54, 1.807) is 7.11 Å². The number of carbonyl (C=O) groups is 1. The van der Waals surface area contributed by atoms with Crippen LogP contribution in [0.4, 0.5) is 0 Å². The maximum atomic E-state index is 11.8. The van der Waals surface area contributed by atoms with Crippen molar-refractivity contribution < 1.29 is 9.53 Å². The number of benzene rings is 1. The second-order valence-corrected chi connectivity index (χ2v) is 5.13. The molecule has 0 saturated carbocycles. The van der Waals surface area contributed by atoms with E-state index < -0.39 is 0 Å². The summed E-state index contributed by atoms with van der Waals surface area (Å²) < 4.78 is 5.14. The standard InChI is InChI=1S/C16H26N2O2/c1-5-10-17-16(19)13(3)18-12(2)11-14-6-8-15(20-4)9-7-14/h6-9,12-13,18H,5,10-11H2,1-4H3,(H,17,19). The monoisotopic (exact) mass is 278 g/mol. The molecule has 0 radical (unpaired) electrons. The second-order valence-electron chi connectivity index (χ2n) is 5.13. The van der Waals surface area contributed by atoms with Gasteiger partial charge in [-0.25, -0.2) is 0 Å². The van der Waals surface area contributed by atoms with Gasteiger partial charge in [0.05, 0.1) is 13.2 Å². The first kappa shape index (κ1) is 16.5. The summed E-state index contributed by atoms with van der Waals surface area (Å²) in [6.07, 6.45) is 1.84. The summed E-state index contributed by atoms with van der Waals surface area (Å²) >= 11 is 0. The fourth-order valence-electron chi connectivity index (χ4n) is 2.08. The molecule has 0 aliphatic carbocycles. The summed E-state index contributed by atoms with van der Waals surface area (Å²) in [5.74, 6) is 0.926. The van der Waals surface area contributed by atoms with Gasteiger partial charge < -0.3 is 15.4 Å². The number of hydrogen-bond donors (Lipinski definition) is 2. The maximum absolute atomic E-state index is 11.8. The molecular weight excluding hydrogens is 252 g/mol. The van der Waals surface area contributed by atoms with Crippen LogP contribution < -0.4 is 15.4 Å². The van der Waals surface area contributed by atoms with Gasteiger partial charge in [0.25, 0.3) is 0 Å². The van der Waals surface area contributed by atoms with E-state index in [1.807, 2.05) is 26.0 Å². The van der Waals surface area contributed by atoms with Crippen molar-refractivity contribution in [1.29, 1.82) is 0 Å². The SMILES string of the molecule is CCCNC(=O)C(C)NC(C)Cc1ccc(OC)cc1. The van der Waals surface area contributed by atoms with E-state index in [9.17, 15) is 4.79 Å². The van der Waals surface area contributed by atoms with Crippen LogP contribution >= 0.6 is 0 Å². The van der Waals surface area contributed by atoms with Crippen LogP contribution in [0.25, 0.3) is 0 Å². The van der Waals surface area contributed by atoms with Gasteiger partial charge in [0.1, 0.15) is 5.75 Å². The van der Waals surface area contributed by atoms with Gasteiger partial charge in [0, 0.05) is 12.6 Å². The highest BCUT2D eigenvalue weighted by molar-refractivity contribution is 5.81. The van der Waals surface area contributed by atoms with Crippen LogP contribution in [0.3, 0.4) is 0 Å². The first-order chi connectivity index (χ1) is 9.56. The number of ether oxygens (including phenoxy) is 1. The number of methoxy groups -OCH3 is 1. The molecule has 2 N–H and O–H groups in total. The Hall–Kier alpha value is -1.55. The number of nitrogens with one attached hydrogen (secondary N) is 2. The second kappa shape index (κ2) is 8.59. The minimum Gasteiger partial charge on any atom is -0.497 e. The lowest BCUT2D eigenvalue weighted by Crippen LogP contribution is -2.46. The molecule has 2 unspecified atom stereocenters. The first-order valence-corrected chi connectivity index (χ1v) is 7.23. The fraction of sp³-hybridized carbons (Fsp3) is 0.562. The smallest absolute Gasteiger partial charge is 0.236 e. The lowest BCUT2D eigenvalue weighted by molar-refractivity contribution is -0.122. The number of hydrogen-bond acceptors (Lipinski definition) is 3. The van der Waals surface area contributed by atoms with Gasteiger partial charge in [-0.3, -0.25) is 4.79 Å². The molecule has 0 heterocycles. The third kappa shape index (κ3) is 5.61. The fourth-order valence-corrected chi connectivity index (χ4v) is 2.08. The van der Waals surface area contributed by atoms with Crippen LogP contribution in [-0.4, -0.2) is 31.6 Å². The van der Waals surface area contributed by atoms with Gasteiger partial charge in [-0.05, 0) is 44.4 Å². The molecule has 0 fully saturated rings. The summed E-state index contributed by atoms with van der Waals surface area (Å²) in [5.41, 5.74) is 1.23. The predicted molar refractivity (Wildman–Crippen MR) is 82.1 cm³/mol. The van der Waals surface area contributed by atoms with Gasteiger partial charge in [-0.1, -0.05) is 19.1 Å². The van der Waals surface area contributed by atoms with E-state index in [1.165, 1.54) is 5.56 Å². The largest absolute Gasteiger partial charge is 0.497 e. The highest BCUT2D eigenvalue weighted by atomic mass is 16.5. The van der Waals surface area contributed by atoms with Gasteiger partial charge in [0.2, 0.25) is 5.91 Å². The van der Waals surface area contributed by atoms with Crippen molar-refractivity contribution in [3.63, 3.8) is 0 Å². The molecule has 1 amide bonds. The normalized spacial score (nSPS) is 13.6. The van der Waals surface area contributed by atoms with Crippen LogP contribution in [-0.2, 0) is 11.2 Å². The summed E-state index contributed by atoms with van der Waals surface area (Å²) in [4.78, 5) is 11.8. The molecule has 112 valence electrons. The Kier molecular flexibility index (Phi) is 7.09. The van der Waals surface area contributed by atoms with Crippen LogP contribution in [0.2, 0.25) is 0 Å². The van der Waals surface area contributed by atoms with E-state index in [4.69, 9.17) is 4.74 Å². The Morgan fingerprint density at radius 1 is 1.25 bits per heavy atom. The van der Waals surface area contributed by atoms with Crippen LogP contribution in [0.15, 0.2) is 24.3 Å². The number of carbonyl (C=O) groups excluding carboxylic acids is 1. The average molecular weight is 278 g/mol. The quantitative estimate of drug-likeness (QED) is 0.766. The number of amides is 1. The molecule has 0 bridgehead atoms. The Labute approximate surface area is 121 Å². The molecule has 1 aromatic carbocycles. The van der Waals surface area contributed by atoms with Crippen molar-refractivity contribution in [3.8, 4) is 5.75 Å². The highest BCUT2D eigenvalue weighted by Gasteiger charge is 2.14. The van der Waals surface area contributed by atoms with E-state index in [2.05, 4.69) is 29.7 Å². The van der Waals surface area contributed by atoms with Gasteiger partial charge in [-0.2, -0.15) is 0 Å². The van der Waals surface area contributed by atoms with Gasteiger partial charge in [-0.15, -0.1) is 0 Å². The Morgan fingerprint density at radius 3 is 2.45 bits per heavy atom. The lowest BCUT2D eigenvalue weighted by Gasteiger charge is -2.19. The van der Waals surface area contributed by atoms with Gasteiger partial charge in [0.15, 0.2) is 0 Å². The lowest BCUT2D eigenvalue weighted by atomic mass is 10.1. The minimum atomic E-state index is -0.171. The van der Waals surface area contributed by atoms with E-state index in [0.29, 0.717) is 0 Å². The third-order valence-electron chi connectivity index (χ3n) is 3.18. The van der Waals surface area contributed by atoms with Crippen LogP contribution in [0, 0.1) is 0 Å². The topological polar surface area (TPSA) is 50.4 Å². The van der Waals surface area contributed by atoms with Crippen molar-refractivity contribution in [2.75, 3.05) is 13.7 Å². The molecular formula is C16H26N2O2. The zero-order valence-electron chi connectivity index (χ0n) is 12.9. The average Bonchev–Trinajstić information content (AvgIpc) is 2.45. The first-order valence-electron chi connectivity index (χ1n) is 7.23. The highest BCUT2D eigenvalue weighted by Crippen LogP contribution is 2.12. The van der Waals surface area contributed by atoms with Crippen molar-refractivity contribution in [2.24, 2.45) is 0 Å². The third-order valence-corrected chi connectivity index (χ3v) is 3.18. The molecule has 4 nitrogen and oxygen atoms in total. The van der Waals surface area contributed by atoms with Crippen molar-refractivity contribution in [1.82, 2.24) is 10.6 Å². The Morgan fingerprint density at radius 2 is 1.90 bits per heavy atom. The zero-order valence-corrected chi connectivity index (χ0v) is 12.9. The maximum Gasteiger partial charge on any atom is 0.236 e. The Balaban J connectivity index is 2.41. The van der Waals surface area contributed by atoms with Crippen molar-refractivity contribution >= 4 is 5.91 Å². The predicted octanol–water partition coefficient (Wildman–Crippen LogP) is 2.13. The van der Waals surface area contributed by atoms with Crippen LogP contribution in [0.1, 0.15) is 32.8 Å². The van der Waals surface area contributed by atoms with Crippen molar-refractivity contribution in [3.05, 3.63) is 29.8 Å².